The van der Waals surface area contributed by atoms with E-state index in [2.05, 4.69) is 15.9 Å². The van der Waals surface area contributed by atoms with Crippen LogP contribution in [0.4, 0.5) is 4.79 Å². The Hall–Kier alpha value is -1.56. The topological polar surface area (TPSA) is 55.8 Å². The first-order valence-electron chi connectivity index (χ1n) is 8.59. The van der Waals surface area contributed by atoms with Gasteiger partial charge < -0.3 is 9.47 Å². The van der Waals surface area contributed by atoms with Crippen LogP contribution in [-0.4, -0.2) is 40.0 Å². The van der Waals surface area contributed by atoms with Gasteiger partial charge in [0.2, 0.25) is 0 Å². The van der Waals surface area contributed by atoms with Crippen molar-refractivity contribution in [2.45, 2.75) is 64.3 Å². The summed E-state index contributed by atoms with van der Waals surface area (Å²) >= 11 is 3.42. The highest BCUT2D eigenvalue weighted by Gasteiger charge is 2.43. The minimum atomic E-state index is -0.579. The molecule has 0 bridgehead atoms. The van der Waals surface area contributed by atoms with E-state index in [-0.39, 0.29) is 18.6 Å². The Morgan fingerprint density at radius 3 is 2.48 bits per heavy atom. The predicted octanol–water partition coefficient (Wildman–Crippen LogP) is 4.28. The smallest absolute Gasteiger partial charge is 0.411 e. The Kier molecular flexibility index (Phi) is 6.87. The summed E-state index contributed by atoms with van der Waals surface area (Å²) in [6.07, 6.45) is 1.70. The van der Waals surface area contributed by atoms with Crippen molar-refractivity contribution < 1.29 is 19.1 Å². The van der Waals surface area contributed by atoms with Crippen LogP contribution in [0.25, 0.3) is 0 Å². The van der Waals surface area contributed by atoms with E-state index >= 15 is 0 Å². The number of ether oxygens (including phenoxy) is 2. The van der Waals surface area contributed by atoms with Gasteiger partial charge in [-0.05, 0) is 45.6 Å². The minimum Gasteiger partial charge on any atom is -0.458 e. The normalized spacial score (nSPS) is 20.4. The van der Waals surface area contributed by atoms with Gasteiger partial charge in [-0.2, -0.15) is 0 Å². The van der Waals surface area contributed by atoms with Crippen molar-refractivity contribution in [2.24, 2.45) is 0 Å². The van der Waals surface area contributed by atoms with Gasteiger partial charge in [0.05, 0.1) is 0 Å². The third-order valence-corrected chi connectivity index (χ3v) is 4.50. The molecular weight excluding hydrogens is 386 g/mol. The molecule has 5 nitrogen and oxygen atoms in total. The number of likely N-dealkylation sites (tertiary alicyclic amines) is 1. The lowest BCUT2D eigenvalue weighted by atomic mass is 10.1. The number of halogens is 1. The fraction of sp³-hybridized carbons (Fsp3) is 0.579. The van der Waals surface area contributed by atoms with E-state index < -0.39 is 17.7 Å². The zero-order chi connectivity index (χ0) is 18.4. The van der Waals surface area contributed by atoms with Crippen molar-refractivity contribution >= 4 is 28.0 Å². The molecule has 6 heteroatoms. The molecule has 1 fully saturated rings. The minimum absolute atomic E-state index is 0.0137. The van der Waals surface area contributed by atoms with Gasteiger partial charge in [-0.15, -0.1) is 0 Å². The lowest BCUT2D eigenvalue weighted by Gasteiger charge is -2.30. The summed E-state index contributed by atoms with van der Waals surface area (Å²) in [4.78, 5) is 26.7. The van der Waals surface area contributed by atoms with Crippen LogP contribution in [0.15, 0.2) is 30.3 Å². The molecule has 0 N–H and O–H groups in total. The second-order valence-corrected chi connectivity index (χ2v) is 8.00. The van der Waals surface area contributed by atoms with Crippen molar-refractivity contribution in [3.63, 3.8) is 0 Å². The van der Waals surface area contributed by atoms with Gasteiger partial charge >= 0.3 is 12.1 Å². The SMILES string of the molecule is CC(C)(C)OC(=O)[C@@H]1CC[C@H](CCBr)N1C(=O)OCc1ccccc1. The molecule has 0 radical (unpaired) electrons. The highest BCUT2D eigenvalue weighted by molar-refractivity contribution is 9.09. The van der Waals surface area contributed by atoms with Crippen LogP contribution in [0.5, 0.6) is 0 Å². The number of hydrogen-bond acceptors (Lipinski definition) is 4. The summed E-state index contributed by atoms with van der Waals surface area (Å²) in [6.45, 7) is 5.67. The van der Waals surface area contributed by atoms with Crippen molar-refractivity contribution in [1.29, 1.82) is 0 Å². The number of esters is 1. The zero-order valence-electron chi connectivity index (χ0n) is 15.0. The number of nitrogens with zero attached hydrogens (tertiary/aromatic N) is 1. The maximum atomic E-state index is 12.7. The Morgan fingerprint density at radius 2 is 1.88 bits per heavy atom. The summed E-state index contributed by atoms with van der Waals surface area (Å²) < 4.78 is 11.0. The number of carbonyl (C=O) groups is 2. The predicted molar refractivity (Wildman–Crippen MR) is 99.5 cm³/mol. The van der Waals surface area contributed by atoms with Gasteiger partial charge in [-0.1, -0.05) is 46.3 Å². The third-order valence-electron chi connectivity index (χ3n) is 4.04. The summed E-state index contributed by atoms with van der Waals surface area (Å²) in [6, 6.07) is 8.92. The Morgan fingerprint density at radius 1 is 1.20 bits per heavy atom. The van der Waals surface area contributed by atoms with Gasteiger partial charge in [-0.25, -0.2) is 9.59 Å². The molecule has 1 aliphatic heterocycles. The Balaban J connectivity index is 2.06. The summed E-state index contributed by atoms with van der Waals surface area (Å²) in [5.74, 6) is -0.360. The maximum absolute atomic E-state index is 12.7. The lowest BCUT2D eigenvalue weighted by molar-refractivity contribution is -0.160. The lowest BCUT2D eigenvalue weighted by Crippen LogP contribution is -2.47. The van der Waals surface area contributed by atoms with E-state index in [0.29, 0.717) is 6.42 Å². The third kappa shape index (κ3) is 5.73. The van der Waals surface area contributed by atoms with Crippen LogP contribution in [0.3, 0.4) is 0 Å². The monoisotopic (exact) mass is 411 g/mol. The van der Waals surface area contributed by atoms with Crippen molar-refractivity contribution in [3.05, 3.63) is 35.9 Å². The molecule has 0 saturated carbocycles. The Labute approximate surface area is 157 Å². The van der Waals surface area contributed by atoms with Crippen LogP contribution in [0.2, 0.25) is 0 Å². The zero-order valence-corrected chi connectivity index (χ0v) is 16.6. The van der Waals surface area contributed by atoms with Gasteiger partial charge in [0.25, 0.3) is 0 Å². The molecule has 138 valence electrons. The first-order valence-corrected chi connectivity index (χ1v) is 9.72. The maximum Gasteiger partial charge on any atom is 0.411 e. The molecule has 1 aliphatic rings. The number of amides is 1. The highest BCUT2D eigenvalue weighted by atomic mass is 79.9. The molecule has 0 unspecified atom stereocenters. The van der Waals surface area contributed by atoms with Crippen molar-refractivity contribution in [1.82, 2.24) is 4.90 Å². The molecule has 1 aromatic carbocycles. The van der Waals surface area contributed by atoms with Gasteiger partial charge in [0.15, 0.2) is 0 Å². The Bertz CT molecular complexity index is 585. The van der Waals surface area contributed by atoms with Crippen molar-refractivity contribution in [2.75, 3.05) is 5.33 Å². The number of rotatable bonds is 5. The molecule has 0 aliphatic carbocycles. The number of benzene rings is 1. The standard InChI is InChI=1S/C19H26BrNO4/c1-19(2,3)25-17(22)16-10-9-15(11-12-20)21(16)18(23)24-13-14-7-5-4-6-8-14/h4-8,15-16H,9-13H2,1-3H3/t15-,16+/m1/s1. The summed E-state index contributed by atoms with van der Waals surface area (Å²) in [7, 11) is 0. The summed E-state index contributed by atoms with van der Waals surface area (Å²) in [5.41, 5.74) is 0.338. The summed E-state index contributed by atoms with van der Waals surface area (Å²) in [5, 5.41) is 0.765. The fourth-order valence-electron chi connectivity index (χ4n) is 2.96. The first-order chi connectivity index (χ1) is 11.8. The number of hydrogen-bond donors (Lipinski definition) is 0. The van der Waals surface area contributed by atoms with E-state index in [1.54, 1.807) is 4.90 Å². The molecular formula is C19H26BrNO4. The van der Waals surface area contributed by atoms with Crippen molar-refractivity contribution in [3.8, 4) is 0 Å². The molecule has 1 saturated heterocycles. The fourth-order valence-corrected chi connectivity index (χ4v) is 3.49. The van der Waals surface area contributed by atoms with Crippen LogP contribution >= 0.6 is 15.9 Å². The van der Waals surface area contributed by atoms with E-state index in [4.69, 9.17) is 9.47 Å². The molecule has 1 heterocycles. The highest BCUT2D eigenvalue weighted by Crippen LogP contribution is 2.30. The molecule has 1 aromatic rings. The van der Waals surface area contributed by atoms with Crippen LogP contribution in [0, 0.1) is 0 Å². The van der Waals surface area contributed by atoms with E-state index in [9.17, 15) is 9.59 Å². The second kappa shape index (κ2) is 8.70. The van der Waals surface area contributed by atoms with Crippen LogP contribution in [0.1, 0.15) is 45.6 Å². The largest absolute Gasteiger partial charge is 0.458 e. The van der Waals surface area contributed by atoms with Crippen LogP contribution < -0.4 is 0 Å². The van der Waals surface area contributed by atoms with E-state index in [0.717, 1.165) is 23.7 Å². The van der Waals surface area contributed by atoms with Gasteiger partial charge in [-0.3, -0.25) is 4.90 Å². The second-order valence-electron chi connectivity index (χ2n) is 7.21. The molecule has 0 aromatic heterocycles. The average molecular weight is 412 g/mol. The van der Waals surface area contributed by atoms with E-state index in [1.807, 2.05) is 51.1 Å². The number of alkyl halides is 1. The first kappa shape index (κ1) is 19.8. The van der Waals surface area contributed by atoms with Gasteiger partial charge in [0, 0.05) is 11.4 Å². The molecule has 2 atom stereocenters. The van der Waals surface area contributed by atoms with Gasteiger partial charge in [0.1, 0.15) is 18.2 Å². The van der Waals surface area contributed by atoms with Crippen LogP contribution in [-0.2, 0) is 20.9 Å². The average Bonchev–Trinajstić information content (AvgIpc) is 2.96. The molecule has 0 spiro atoms. The molecule has 2 rings (SSSR count). The number of carbonyl (C=O) groups excluding carboxylic acids is 2. The van der Waals surface area contributed by atoms with E-state index in [1.165, 1.54) is 0 Å². The molecule has 1 amide bonds. The molecule has 25 heavy (non-hydrogen) atoms. The quantitative estimate of drug-likeness (QED) is 0.535.